The van der Waals surface area contributed by atoms with E-state index >= 15 is 0 Å². The predicted octanol–water partition coefficient (Wildman–Crippen LogP) is 5.47. The van der Waals surface area contributed by atoms with Gasteiger partial charge in [-0.3, -0.25) is 9.78 Å². The number of benzene rings is 1. The Kier molecular flexibility index (Phi) is 4.21. The number of hydrogen-bond acceptors (Lipinski definition) is 5. The van der Waals surface area contributed by atoms with E-state index < -0.39 is 0 Å². The van der Waals surface area contributed by atoms with Gasteiger partial charge in [0, 0.05) is 46.2 Å². The number of pyridine rings is 2. The number of anilines is 2. The number of fused-ring (bicyclic) bond motifs is 4. The van der Waals surface area contributed by atoms with Gasteiger partial charge in [0.2, 0.25) is 5.88 Å². The molecule has 4 heterocycles. The third-order valence-corrected chi connectivity index (χ3v) is 7.31. The van der Waals surface area contributed by atoms with Crippen LogP contribution in [-0.2, 0) is 0 Å². The zero-order valence-electron chi connectivity index (χ0n) is 18.5. The van der Waals surface area contributed by atoms with Crippen molar-refractivity contribution in [3.63, 3.8) is 0 Å². The minimum Gasteiger partial charge on any atom is -0.474 e. The number of nitrogens with zero attached hydrogens (tertiary/aromatic N) is 2. The molecule has 3 N–H and O–H groups in total. The summed E-state index contributed by atoms with van der Waals surface area (Å²) < 4.78 is 5.96. The first-order valence-electron chi connectivity index (χ1n) is 11.6. The molecule has 0 radical (unpaired) electrons. The van der Waals surface area contributed by atoms with Crippen molar-refractivity contribution in [1.82, 2.24) is 20.3 Å². The molecular formula is C26H22ClN5O2. The Hall–Kier alpha value is -3.58. The van der Waals surface area contributed by atoms with Gasteiger partial charge in [-0.1, -0.05) is 17.7 Å². The summed E-state index contributed by atoms with van der Waals surface area (Å²) in [5.74, 6) is 0.834. The van der Waals surface area contributed by atoms with Crippen LogP contribution in [0.5, 0.6) is 5.88 Å². The molecular weight excluding hydrogens is 450 g/mol. The van der Waals surface area contributed by atoms with E-state index in [0.717, 1.165) is 64.2 Å². The first kappa shape index (κ1) is 19.9. The lowest BCUT2D eigenvalue weighted by atomic mass is 10.0. The first-order chi connectivity index (χ1) is 16.6. The fraction of sp³-hybridized carbons (Fsp3) is 0.269. The predicted molar refractivity (Wildman–Crippen MR) is 131 cm³/mol. The number of carbonyl (C=O) groups is 1. The van der Waals surface area contributed by atoms with Gasteiger partial charge in [-0.25, -0.2) is 4.98 Å². The Balaban J connectivity index is 1.43. The van der Waals surface area contributed by atoms with E-state index in [1.54, 1.807) is 6.20 Å². The number of hydrogen-bond donors (Lipinski definition) is 3. The number of ether oxygens (including phenoxy) is 1. The number of nitrogens with one attached hydrogen (secondary N) is 3. The Bertz CT molecular complexity index is 1490. The maximum atomic E-state index is 13.1. The summed E-state index contributed by atoms with van der Waals surface area (Å²) in [4.78, 5) is 26.1. The summed E-state index contributed by atoms with van der Waals surface area (Å²) in [6.45, 7) is 1.96. The molecule has 7 rings (SSSR count). The second kappa shape index (κ2) is 7.21. The highest BCUT2D eigenvalue weighted by atomic mass is 35.5. The normalized spacial score (nSPS) is 20.5. The molecule has 8 heteroatoms. The number of H-pyrrole nitrogens is 1. The molecule has 1 amide bonds. The molecule has 0 unspecified atom stereocenters. The van der Waals surface area contributed by atoms with E-state index in [-0.39, 0.29) is 18.1 Å². The molecule has 1 aliphatic heterocycles. The number of amides is 1. The van der Waals surface area contributed by atoms with Crippen molar-refractivity contribution in [1.29, 1.82) is 0 Å². The van der Waals surface area contributed by atoms with Crippen molar-refractivity contribution >= 4 is 39.9 Å². The zero-order valence-corrected chi connectivity index (χ0v) is 19.2. The summed E-state index contributed by atoms with van der Waals surface area (Å²) in [5.41, 5.74) is 7.32. The van der Waals surface area contributed by atoms with E-state index in [0.29, 0.717) is 22.4 Å². The number of carbonyl (C=O) groups excluding carboxylic acids is 1. The van der Waals surface area contributed by atoms with E-state index in [1.165, 1.54) is 0 Å². The highest BCUT2D eigenvalue weighted by Crippen LogP contribution is 2.50. The number of aromatic nitrogens is 3. The molecule has 2 atom stereocenters. The molecule has 4 aromatic rings. The average Bonchev–Trinajstić information content (AvgIpc) is 3.76. The van der Waals surface area contributed by atoms with Crippen molar-refractivity contribution in [2.24, 2.45) is 0 Å². The first-order valence-corrected chi connectivity index (χ1v) is 12.0. The SMILES string of the molecule is Cc1c(Cl)cccc1Nc1c(-c2ccnc3ccc(OC4CC4)nc23)[nH]c2c1C(=O)N[C@H]1C[C@@H]21. The highest BCUT2D eigenvalue weighted by Gasteiger charge is 2.48. The molecule has 7 nitrogen and oxygen atoms in total. The standard InChI is InChI=1S/C26H22ClN5O2/c1-12-16(27)3-2-4-17(12)29-25-21-23(15-11-19(15)30-26(21)33)32-24(25)14-9-10-28-18-7-8-20(31-22(14)18)34-13-5-6-13/h2-4,7-10,13,15,19,29,32H,5-6,11H2,1H3,(H,30,33)/t15-,19+/m1/s1. The summed E-state index contributed by atoms with van der Waals surface area (Å²) in [6.07, 6.45) is 5.10. The van der Waals surface area contributed by atoms with Gasteiger partial charge in [0.15, 0.2) is 0 Å². The second-order valence-corrected chi connectivity index (χ2v) is 9.72. The number of rotatable bonds is 5. The smallest absolute Gasteiger partial charge is 0.255 e. The van der Waals surface area contributed by atoms with Crippen molar-refractivity contribution in [2.75, 3.05) is 5.32 Å². The summed E-state index contributed by atoms with van der Waals surface area (Å²) in [5, 5.41) is 7.32. The summed E-state index contributed by atoms with van der Waals surface area (Å²) in [7, 11) is 0. The Morgan fingerprint density at radius 3 is 2.91 bits per heavy atom. The minimum atomic E-state index is -0.0671. The minimum absolute atomic E-state index is 0.0671. The monoisotopic (exact) mass is 471 g/mol. The van der Waals surface area contributed by atoms with Crippen LogP contribution in [0.15, 0.2) is 42.6 Å². The van der Waals surface area contributed by atoms with Crippen LogP contribution in [0.2, 0.25) is 5.02 Å². The highest BCUT2D eigenvalue weighted by molar-refractivity contribution is 6.31. The largest absolute Gasteiger partial charge is 0.474 e. The lowest BCUT2D eigenvalue weighted by molar-refractivity contribution is 0.0944. The van der Waals surface area contributed by atoms with E-state index in [4.69, 9.17) is 21.3 Å². The van der Waals surface area contributed by atoms with Gasteiger partial charge in [-0.15, -0.1) is 0 Å². The van der Waals surface area contributed by atoms with Crippen LogP contribution in [0, 0.1) is 6.92 Å². The van der Waals surface area contributed by atoms with Gasteiger partial charge in [0.05, 0.1) is 22.5 Å². The van der Waals surface area contributed by atoms with Crippen molar-refractivity contribution in [2.45, 2.75) is 44.2 Å². The Labute approximate surface area is 200 Å². The third-order valence-electron chi connectivity index (χ3n) is 6.90. The molecule has 2 aliphatic carbocycles. The Morgan fingerprint density at radius 1 is 1.18 bits per heavy atom. The summed E-state index contributed by atoms with van der Waals surface area (Å²) in [6, 6.07) is 11.7. The molecule has 170 valence electrons. The van der Waals surface area contributed by atoms with Gasteiger partial charge in [-0.05, 0) is 56.0 Å². The van der Waals surface area contributed by atoms with Crippen LogP contribution in [0.4, 0.5) is 11.4 Å². The van der Waals surface area contributed by atoms with Gasteiger partial charge in [0.25, 0.3) is 5.91 Å². The van der Waals surface area contributed by atoms with Crippen LogP contribution < -0.4 is 15.4 Å². The lowest BCUT2D eigenvalue weighted by Gasteiger charge is -2.16. The fourth-order valence-electron chi connectivity index (χ4n) is 4.78. The van der Waals surface area contributed by atoms with E-state index in [9.17, 15) is 4.79 Å². The van der Waals surface area contributed by atoms with Gasteiger partial charge < -0.3 is 20.4 Å². The lowest BCUT2D eigenvalue weighted by Crippen LogP contribution is -2.31. The molecule has 3 aliphatic rings. The summed E-state index contributed by atoms with van der Waals surface area (Å²) >= 11 is 6.40. The number of halogens is 1. The average molecular weight is 472 g/mol. The van der Waals surface area contributed by atoms with Crippen LogP contribution in [0.3, 0.4) is 0 Å². The maximum absolute atomic E-state index is 13.1. The zero-order chi connectivity index (χ0) is 23.0. The molecule has 3 aromatic heterocycles. The van der Waals surface area contributed by atoms with Gasteiger partial charge >= 0.3 is 0 Å². The van der Waals surface area contributed by atoms with Crippen molar-refractivity contribution in [3.8, 4) is 17.1 Å². The van der Waals surface area contributed by atoms with Crippen LogP contribution in [0.25, 0.3) is 22.3 Å². The molecule has 34 heavy (non-hydrogen) atoms. The van der Waals surface area contributed by atoms with E-state index in [2.05, 4.69) is 20.6 Å². The number of aromatic amines is 1. The molecule has 2 fully saturated rings. The fourth-order valence-corrected chi connectivity index (χ4v) is 4.96. The van der Waals surface area contributed by atoms with Crippen LogP contribution >= 0.6 is 11.6 Å². The third kappa shape index (κ3) is 3.15. The van der Waals surface area contributed by atoms with Gasteiger partial charge in [0.1, 0.15) is 11.6 Å². The Morgan fingerprint density at radius 2 is 2.06 bits per heavy atom. The second-order valence-electron chi connectivity index (χ2n) is 9.32. The quantitative estimate of drug-likeness (QED) is 0.359. The van der Waals surface area contributed by atoms with Gasteiger partial charge in [-0.2, -0.15) is 0 Å². The van der Waals surface area contributed by atoms with Crippen molar-refractivity contribution in [3.05, 3.63) is 64.4 Å². The molecule has 0 saturated heterocycles. The molecule has 0 bridgehead atoms. The molecule has 0 spiro atoms. The topological polar surface area (TPSA) is 91.9 Å². The van der Waals surface area contributed by atoms with Crippen LogP contribution in [0.1, 0.15) is 46.8 Å². The maximum Gasteiger partial charge on any atom is 0.255 e. The molecule has 2 saturated carbocycles. The van der Waals surface area contributed by atoms with Crippen molar-refractivity contribution < 1.29 is 9.53 Å². The van der Waals surface area contributed by atoms with Crippen LogP contribution in [-0.4, -0.2) is 33.0 Å². The molecule has 1 aromatic carbocycles. The van der Waals surface area contributed by atoms with E-state index in [1.807, 2.05) is 43.3 Å².